The number of benzene rings is 1. The molecule has 0 unspecified atom stereocenters. The van der Waals surface area contributed by atoms with E-state index in [-0.39, 0.29) is 12.1 Å². The Hall–Kier alpha value is -2.21. The fourth-order valence-electron chi connectivity index (χ4n) is 2.93. The molecule has 5 nitrogen and oxygen atoms in total. The smallest absolute Gasteiger partial charge is 0.244 e. The third-order valence-corrected chi connectivity index (χ3v) is 4.97. The topological polar surface area (TPSA) is 55.6 Å². The van der Waals surface area contributed by atoms with Crippen LogP contribution >= 0.6 is 11.3 Å². The van der Waals surface area contributed by atoms with Gasteiger partial charge in [-0.05, 0) is 46.3 Å². The highest BCUT2D eigenvalue weighted by atomic mass is 32.1. The first-order chi connectivity index (χ1) is 10.3. The Kier molecular flexibility index (Phi) is 2.96. The SMILES string of the molecule is Cc1ccccc1[C@@H]1C[C@@H](c2cccs2)Nc2nnnn21. The molecule has 6 heteroatoms. The van der Waals surface area contributed by atoms with Gasteiger partial charge in [0.2, 0.25) is 5.95 Å². The summed E-state index contributed by atoms with van der Waals surface area (Å²) in [6.07, 6.45) is 0.948. The molecular formula is C15H15N5S. The number of tetrazole rings is 1. The standard InChI is InChI=1S/C15H15N5S/c1-10-5-2-3-6-11(10)13-9-12(14-7-4-8-21-14)16-15-17-18-19-20(13)15/h2-8,12-13H,9H2,1H3,(H,16,17,19)/t12-,13-/m0/s1. The maximum Gasteiger partial charge on any atom is 0.244 e. The number of rotatable bonds is 2. The molecule has 4 rings (SSSR count). The average molecular weight is 297 g/mol. The summed E-state index contributed by atoms with van der Waals surface area (Å²) in [5, 5.41) is 17.7. The minimum atomic E-state index is 0.171. The number of anilines is 1. The number of thiophene rings is 1. The normalized spacial score (nSPS) is 20.8. The summed E-state index contributed by atoms with van der Waals surface area (Å²) in [5.41, 5.74) is 2.56. The lowest BCUT2D eigenvalue weighted by Crippen LogP contribution is -2.28. The molecule has 1 aliphatic rings. The second-order valence-corrected chi connectivity index (χ2v) is 6.25. The van der Waals surface area contributed by atoms with Crippen molar-refractivity contribution in [3.8, 4) is 0 Å². The minimum absolute atomic E-state index is 0.171. The Balaban J connectivity index is 1.78. The summed E-state index contributed by atoms with van der Waals surface area (Å²) in [5.74, 6) is 0.743. The molecule has 1 aromatic carbocycles. The van der Waals surface area contributed by atoms with Gasteiger partial charge in [0.05, 0.1) is 12.1 Å². The molecular weight excluding hydrogens is 282 g/mol. The lowest BCUT2D eigenvalue weighted by molar-refractivity contribution is 0.425. The van der Waals surface area contributed by atoms with Crippen LogP contribution in [0.3, 0.4) is 0 Å². The van der Waals surface area contributed by atoms with Gasteiger partial charge in [-0.1, -0.05) is 35.4 Å². The van der Waals surface area contributed by atoms with E-state index in [4.69, 9.17) is 0 Å². The average Bonchev–Trinajstić information content (AvgIpc) is 3.18. The van der Waals surface area contributed by atoms with Crippen LogP contribution in [0, 0.1) is 6.92 Å². The van der Waals surface area contributed by atoms with Gasteiger partial charge in [-0.25, -0.2) is 4.68 Å². The summed E-state index contributed by atoms with van der Waals surface area (Å²) < 4.78 is 1.90. The van der Waals surface area contributed by atoms with Crippen LogP contribution in [0.15, 0.2) is 41.8 Å². The predicted octanol–water partition coefficient (Wildman–Crippen LogP) is 3.19. The predicted molar refractivity (Wildman–Crippen MR) is 82.4 cm³/mol. The van der Waals surface area contributed by atoms with Gasteiger partial charge in [-0.2, -0.15) is 0 Å². The zero-order chi connectivity index (χ0) is 14.2. The van der Waals surface area contributed by atoms with E-state index in [0.29, 0.717) is 0 Å². The zero-order valence-electron chi connectivity index (χ0n) is 11.6. The second kappa shape index (κ2) is 4.96. The van der Waals surface area contributed by atoms with E-state index in [1.54, 1.807) is 11.3 Å². The number of nitrogens with zero attached hydrogens (tertiary/aromatic N) is 4. The largest absolute Gasteiger partial charge is 0.345 e. The molecule has 0 aliphatic carbocycles. The molecule has 0 fully saturated rings. The van der Waals surface area contributed by atoms with Gasteiger partial charge in [-0.3, -0.25) is 0 Å². The van der Waals surface area contributed by atoms with Crippen molar-refractivity contribution in [1.29, 1.82) is 0 Å². The first-order valence-corrected chi connectivity index (χ1v) is 7.84. The summed E-state index contributed by atoms with van der Waals surface area (Å²) in [4.78, 5) is 1.32. The van der Waals surface area contributed by atoms with Gasteiger partial charge in [0, 0.05) is 4.88 Å². The third kappa shape index (κ3) is 2.12. The van der Waals surface area contributed by atoms with Gasteiger partial charge in [0.15, 0.2) is 0 Å². The van der Waals surface area contributed by atoms with E-state index in [2.05, 4.69) is 69.5 Å². The Morgan fingerprint density at radius 1 is 1.24 bits per heavy atom. The summed E-state index contributed by atoms with van der Waals surface area (Å²) >= 11 is 1.77. The highest BCUT2D eigenvalue weighted by Gasteiger charge is 2.31. The van der Waals surface area contributed by atoms with Crippen molar-refractivity contribution >= 4 is 17.3 Å². The van der Waals surface area contributed by atoms with E-state index >= 15 is 0 Å². The Bertz CT molecular complexity index is 749. The van der Waals surface area contributed by atoms with Crippen LogP contribution in [-0.2, 0) is 0 Å². The van der Waals surface area contributed by atoms with E-state index in [0.717, 1.165) is 12.4 Å². The van der Waals surface area contributed by atoms with Gasteiger partial charge in [-0.15, -0.1) is 11.3 Å². The van der Waals surface area contributed by atoms with Gasteiger partial charge < -0.3 is 5.32 Å². The molecule has 2 aromatic heterocycles. The van der Waals surface area contributed by atoms with Gasteiger partial charge in [0.25, 0.3) is 0 Å². The number of nitrogens with one attached hydrogen (secondary N) is 1. The molecule has 0 radical (unpaired) electrons. The van der Waals surface area contributed by atoms with E-state index in [1.807, 2.05) is 4.68 Å². The van der Waals surface area contributed by atoms with Crippen LogP contribution in [0.4, 0.5) is 5.95 Å². The molecule has 3 aromatic rings. The minimum Gasteiger partial charge on any atom is -0.345 e. The van der Waals surface area contributed by atoms with Crippen LogP contribution in [0.1, 0.15) is 34.5 Å². The number of hydrogen-bond acceptors (Lipinski definition) is 5. The molecule has 2 atom stereocenters. The van der Waals surface area contributed by atoms with Crippen LogP contribution in [-0.4, -0.2) is 20.2 Å². The monoisotopic (exact) mass is 297 g/mol. The molecule has 21 heavy (non-hydrogen) atoms. The Morgan fingerprint density at radius 2 is 2.14 bits per heavy atom. The zero-order valence-corrected chi connectivity index (χ0v) is 12.4. The molecule has 0 saturated heterocycles. The highest BCUT2D eigenvalue weighted by Crippen LogP contribution is 2.39. The van der Waals surface area contributed by atoms with Crippen molar-refractivity contribution in [1.82, 2.24) is 20.2 Å². The van der Waals surface area contributed by atoms with Crippen LogP contribution in [0.2, 0.25) is 0 Å². The fraction of sp³-hybridized carbons (Fsp3) is 0.267. The van der Waals surface area contributed by atoms with Gasteiger partial charge in [0.1, 0.15) is 0 Å². The first-order valence-electron chi connectivity index (χ1n) is 6.96. The quantitative estimate of drug-likeness (QED) is 0.789. The summed E-state index contributed by atoms with van der Waals surface area (Å²) in [7, 11) is 0. The van der Waals surface area contributed by atoms with E-state index in [9.17, 15) is 0 Å². The first kappa shape index (κ1) is 12.5. The van der Waals surface area contributed by atoms with E-state index < -0.39 is 0 Å². The molecule has 106 valence electrons. The summed E-state index contributed by atoms with van der Waals surface area (Å²) in [6, 6.07) is 13.1. The molecule has 1 aliphatic heterocycles. The lowest BCUT2D eigenvalue weighted by Gasteiger charge is -2.31. The molecule has 0 bridgehead atoms. The lowest BCUT2D eigenvalue weighted by atomic mass is 9.94. The Labute approximate surface area is 126 Å². The van der Waals surface area contributed by atoms with Crippen molar-refractivity contribution in [2.75, 3.05) is 5.32 Å². The maximum absolute atomic E-state index is 4.17. The van der Waals surface area contributed by atoms with Gasteiger partial charge >= 0.3 is 0 Å². The second-order valence-electron chi connectivity index (χ2n) is 5.27. The Morgan fingerprint density at radius 3 is 2.95 bits per heavy atom. The molecule has 0 spiro atoms. The van der Waals surface area contributed by atoms with Crippen molar-refractivity contribution in [3.63, 3.8) is 0 Å². The molecule has 1 N–H and O–H groups in total. The highest BCUT2D eigenvalue weighted by molar-refractivity contribution is 7.10. The van der Waals surface area contributed by atoms with E-state index in [1.165, 1.54) is 16.0 Å². The number of aryl methyl sites for hydroxylation is 1. The van der Waals surface area contributed by atoms with Crippen LogP contribution in [0.5, 0.6) is 0 Å². The fourth-order valence-corrected chi connectivity index (χ4v) is 3.72. The molecule has 3 heterocycles. The van der Waals surface area contributed by atoms with Crippen molar-refractivity contribution in [3.05, 3.63) is 57.8 Å². The molecule has 0 amide bonds. The summed E-state index contributed by atoms with van der Waals surface area (Å²) in [6.45, 7) is 2.14. The maximum atomic E-state index is 4.17. The third-order valence-electron chi connectivity index (χ3n) is 3.98. The number of hydrogen-bond donors (Lipinski definition) is 1. The van der Waals surface area contributed by atoms with Crippen molar-refractivity contribution in [2.24, 2.45) is 0 Å². The van der Waals surface area contributed by atoms with Crippen molar-refractivity contribution < 1.29 is 0 Å². The van der Waals surface area contributed by atoms with Crippen LogP contribution in [0.25, 0.3) is 0 Å². The van der Waals surface area contributed by atoms with Crippen molar-refractivity contribution in [2.45, 2.75) is 25.4 Å². The number of fused-ring (bicyclic) bond motifs is 1. The van der Waals surface area contributed by atoms with Crippen LogP contribution < -0.4 is 5.32 Å². The number of aromatic nitrogens is 4. The molecule has 0 saturated carbocycles.